The summed E-state index contributed by atoms with van der Waals surface area (Å²) in [5.41, 5.74) is 2.95. The van der Waals surface area contributed by atoms with E-state index in [4.69, 9.17) is 19.4 Å². The molecule has 164 valence electrons. The van der Waals surface area contributed by atoms with Gasteiger partial charge in [0.05, 0.1) is 37.8 Å². The van der Waals surface area contributed by atoms with E-state index in [1.54, 1.807) is 23.5 Å². The van der Waals surface area contributed by atoms with Gasteiger partial charge in [-0.1, -0.05) is 12.1 Å². The highest BCUT2D eigenvalue weighted by molar-refractivity contribution is 7.18. The minimum atomic E-state index is -0.316. The molecule has 3 aromatic rings. The van der Waals surface area contributed by atoms with Crippen LogP contribution in [0, 0.1) is 13.8 Å². The summed E-state index contributed by atoms with van der Waals surface area (Å²) in [5, 5.41) is 4.66. The van der Waals surface area contributed by atoms with Crippen LogP contribution in [-0.4, -0.2) is 60.8 Å². The number of thiophene rings is 1. The number of esters is 1. The van der Waals surface area contributed by atoms with Gasteiger partial charge in [-0.3, -0.25) is 4.90 Å². The number of carbonyl (C=O) groups excluding carboxylic acids is 1. The van der Waals surface area contributed by atoms with Gasteiger partial charge in [0.15, 0.2) is 0 Å². The van der Waals surface area contributed by atoms with Gasteiger partial charge in [0.25, 0.3) is 0 Å². The van der Waals surface area contributed by atoms with E-state index in [9.17, 15) is 4.79 Å². The van der Waals surface area contributed by atoms with Crippen molar-refractivity contribution < 1.29 is 14.3 Å². The molecule has 1 fully saturated rings. The molecule has 4 rings (SSSR count). The van der Waals surface area contributed by atoms with Crippen molar-refractivity contribution in [2.45, 2.75) is 26.8 Å². The van der Waals surface area contributed by atoms with Gasteiger partial charge in [-0.15, -0.1) is 11.3 Å². The number of nitrogens with zero attached hydrogens (tertiary/aromatic N) is 3. The third kappa shape index (κ3) is 5.03. The average molecular weight is 441 g/mol. The molecular formula is C23H28N4O3S. The average Bonchev–Trinajstić information content (AvgIpc) is 3.07. The lowest BCUT2D eigenvalue weighted by molar-refractivity contribution is 0.0331. The molecule has 0 bridgehead atoms. The third-order valence-electron chi connectivity index (χ3n) is 5.62. The van der Waals surface area contributed by atoms with Crippen LogP contribution >= 0.6 is 11.3 Å². The van der Waals surface area contributed by atoms with E-state index < -0.39 is 0 Å². The summed E-state index contributed by atoms with van der Waals surface area (Å²) in [6.07, 6.45) is 0.827. The molecule has 1 aliphatic heterocycles. The molecule has 3 heterocycles. The second kappa shape index (κ2) is 9.72. The minimum Gasteiger partial charge on any atom is -0.465 e. The third-order valence-corrected chi connectivity index (χ3v) is 6.73. The van der Waals surface area contributed by atoms with Crippen molar-refractivity contribution in [2.24, 2.45) is 0 Å². The number of morpholine rings is 1. The number of carbonyl (C=O) groups is 1. The number of aryl methyl sites for hydroxylation is 2. The topological polar surface area (TPSA) is 76.6 Å². The van der Waals surface area contributed by atoms with Crippen molar-refractivity contribution >= 4 is 33.3 Å². The standard InChI is InChI=1S/C23H28N4O3S/c1-15-16(2)31-22-20(15)21(25-19(26-22)14-27-10-12-30-13-11-27)24-9-8-17-4-6-18(7-5-17)23(28)29-3/h4-7H,8-14H2,1-3H3,(H,24,25,26). The summed E-state index contributed by atoms with van der Waals surface area (Å²) in [7, 11) is 1.39. The molecule has 0 saturated carbocycles. The first kappa shape index (κ1) is 21.7. The molecule has 1 aliphatic rings. The Labute approximate surface area is 186 Å². The molecule has 0 atom stereocenters. The summed E-state index contributed by atoms with van der Waals surface area (Å²) in [4.78, 5) is 26.0. The fourth-order valence-corrected chi connectivity index (χ4v) is 4.75. The lowest BCUT2D eigenvalue weighted by Gasteiger charge is -2.25. The van der Waals surface area contributed by atoms with Gasteiger partial charge in [0, 0.05) is 24.5 Å². The Morgan fingerprint density at radius 2 is 1.94 bits per heavy atom. The zero-order valence-electron chi connectivity index (χ0n) is 18.2. The maximum Gasteiger partial charge on any atom is 0.337 e. The van der Waals surface area contributed by atoms with Crippen LogP contribution in [0.2, 0.25) is 0 Å². The smallest absolute Gasteiger partial charge is 0.337 e. The monoisotopic (exact) mass is 440 g/mol. The SMILES string of the molecule is COC(=O)c1ccc(CCNc2nc(CN3CCOCC3)nc3sc(C)c(C)c23)cc1. The Bertz CT molecular complexity index is 1060. The van der Waals surface area contributed by atoms with Crippen LogP contribution in [0.1, 0.15) is 32.2 Å². The zero-order valence-corrected chi connectivity index (χ0v) is 19.1. The molecule has 0 unspecified atom stereocenters. The molecule has 1 saturated heterocycles. The lowest BCUT2D eigenvalue weighted by atomic mass is 10.1. The predicted molar refractivity (Wildman–Crippen MR) is 123 cm³/mol. The molecule has 7 nitrogen and oxygen atoms in total. The van der Waals surface area contributed by atoms with Crippen LogP contribution in [0.4, 0.5) is 5.82 Å². The van der Waals surface area contributed by atoms with Crippen molar-refractivity contribution in [3.8, 4) is 0 Å². The summed E-state index contributed by atoms with van der Waals surface area (Å²) in [6.45, 7) is 9.10. The van der Waals surface area contributed by atoms with E-state index in [1.165, 1.54) is 17.6 Å². The first-order valence-electron chi connectivity index (χ1n) is 10.5. The summed E-state index contributed by atoms with van der Waals surface area (Å²) >= 11 is 1.73. The molecule has 0 aliphatic carbocycles. The molecule has 2 aromatic heterocycles. The molecule has 8 heteroatoms. The number of hydrogen-bond acceptors (Lipinski definition) is 8. The van der Waals surface area contributed by atoms with Crippen LogP contribution in [-0.2, 0) is 22.4 Å². The van der Waals surface area contributed by atoms with Crippen LogP contribution in [0.15, 0.2) is 24.3 Å². The minimum absolute atomic E-state index is 0.316. The lowest BCUT2D eigenvalue weighted by Crippen LogP contribution is -2.36. The second-order valence-corrected chi connectivity index (χ2v) is 8.91. The first-order valence-corrected chi connectivity index (χ1v) is 11.3. The van der Waals surface area contributed by atoms with Crippen molar-refractivity contribution in [2.75, 3.05) is 45.3 Å². The first-order chi connectivity index (χ1) is 15.0. The van der Waals surface area contributed by atoms with E-state index in [1.807, 2.05) is 12.1 Å². The number of hydrogen-bond donors (Lipinski definition) is 1. The maximum atomic E-state index is 11.6. The molecule has 1 aromatic carbocycles. The van der Waals surface area contributed by atoms with Gasteiger partial charge >= 0.3 is 5.97 Å². The van der Waals surface area contributed by atoms with Crippen LogP contribution in [0.25, 0.3) is 10.2 Å². The van der Waals surface area contributed by atoms with E-state index in [2.05, 4.69) is 24.1 Å². The maximum absolute atomic E-state index is 11.6. The van der Waals surface area contributed by atoms with E-state index in [-0.39, 0.29) is 5.97 Å². The number of benzene rings is 1. The van der Waals surface area contributed by atoms with E-state index >= 15 is 0 Å². The Morgan fingerprint density at radius 1 is 1.19 bits per heavy atom. The number of fused-ring (bicyclic) bond motifs is 1. The number of nitrogens with one attached hydrogen (secondary N) is 1. The van der Waals surface area contributed by atoms with Gasteiger partial charge in [-0.05, 0) is 43.5 Å². The number of anilines is 1. The van der Waals surface area contributed by atoms with Crippen molar-refractivity contribution in [1.82, 2.24) is 14.9 Å². The Balaban J connectivity index is 1.49. The number of methoxy groups -OCH3 is 1. The Hall–Kier alpha value is -2.55. The fourth-order valence-electron chi connectivity index (χ4n) is 3.70. The molecule has 1 N–H and O–H groups in total. The highest BCUT2D eigenvalue weighted by Crippen LogP contribution is 2.33. The van der Waals surface area contributed by atoms with Crippen molar-refractivity contribution in [1.29, 1.82) is 0 Å². The molecule has 0 radical (unpaired) electrons. The second-order valence-electron chi connectivity index (χ2n) is 7.71. The fraction of sp³-hybridized carbons (Fsp3) is 0.435. The van der Waals surface area contributed by atoms with Gasteiger partial charge in [-0.2, -0.15) is 0 Å². The van der Waals surface area contributed by atoms with Crippen LogP contribution in [0.5, 0.6) is 0 Å². The molecule has 0 spiro atoms. The van der Waals surface area contributed by atoms with Crippen LogP contribution < -0.4 is 5.32 Å². The largest absolute Gasteiger partial charge is 0.465 e. The summed E-state index contributed by atoms with van der Waals surface area (Å²) in [6, 6.07) is 7.54. The predicted octanol–water partition coefficient (Wildman–Crippen LogP) is 3.58. The van der Waals surface area contributed by atoms with Gasteiger partial charge < -0.3 is 14.8 Å². The quantitative estimate of drug-likeness (QED) is 0.563. The molecular weight excluding hydrogens is 412 g/mol. The highest BCUT2D eigenvalue weighted by atomic mass is 32.1. The normalized spacial score (nSPS) is 14.7. The number of aromatic nitrogens is 2. The molecule has 31 heavy (non-hydrogen) atoms. The van der Waals surface area contributed by atoms with Gasteiger partial charge in [0.1, 0.15) is 16.5 Å². The van der Waals surface area contributed by atoms with Crippen LogP contribution in [0.3, 0.4) is 0 Å². The van der Waals surface area contributed by atoms with Crippen molar-refractivity contribution in [3.05, 3.63) is 51.7 Å². The molecule has 0 amide bonds. The zero-order chi connectivity index (χ0) is 21.8. The highest BCUT2D eigenvalue weighted by Gasteiger charge is 2.17. The van der Waals surface area contributed by atoms with Gasteiger partial charge in [-0.25, -0.2) is 14.8 Å². The Morgan fingerprint density at radius 3 is 2.65 bits per heavy atom. The van der Waals surface area contributed by atoms with Gasteiger partial charge in [0.2, 0.25) is 0 Å². The number of ether oxygens (including phenoxy) is 2. The number of rotatable bonds is 7. The van der Waals surface area contributed by atoms with E-state index in [0.29, 0.717) is 5.56 Å². The summed E-state index contributed by atoms with van der Waals surface area (Å²) in [5.74, 6) is 1.44. The summed E-state index contributed by atoms with van der Waals surface area (Å²) < 4.78 is 10.2. The Kier molecular flexibility index (Phi) is 6.80. The van der Waals surface area contributed by atoms with Crippen molar-refractivity contribution in [3.63, 3.8) is 0 Å². The van der Waals surface area contributed by atoms with E-state index in [0.717, 1.165) is 73.2 Å².